The number of carbonyl (C=O) groups is 1. The summed E-state index contributed by atoms with van der Waals surface area (Å²) in [6.45, 7) is 4.34. The van der Waals surface area contributed by atoms with Gasteiger partial charge in [-0.15, -0.1) is 0 Å². The maximum atomic E-state index is 13.6. The number of morpholine rings is 1. The quantitative estimate of drug-likeness (QED) is 0.602. The summed E-state index contributed by atoms with van der Waals surface area (Å²) in [4.78, 5) is 24.0. The Morgan fingerprint density at radius 1 is 1.23 bits per heavy atom. The average Bonchev–Trinajstić information content (AvgIpc) is 3.29. The van der Waals surface area contributed by atoms with Crippen molar-refractivity contribution in [3.63, 3.8) is 0 Å². The highest BCUT2D eigenvalue weighted by molar-refractivity contribution is 6.03. The highest BCUT2D eigenvalue weighted by atomic mass is 19.4. The maximum Gasteiger partial charge on any atom is 0.396 e. The smallest absolute Gasteiger partial charge is 0.378 e. The Morgan fingerprint density at radius 3 is 2.80 bits per heavy atom. The van der Waals surface area contributed by atoms with Gasteiger partial charge in [0.2, 0.25) is 0 Å². The van der Waals surface area contributed by atoms with E-state index in [0.717, 1.165) is 5.82 Å². The molecule has 2 aliphatic rings. The molecule has 1 saturated heterocycles. The van der Waals surface area contributed by atoms with E-state index in [1.54, 1.807) is 31.2 Å². The second kappa shape index (κ2) is 9.14. The zero-order valence-electron chi connectivity index (χ0n) is 18.9. The van der Waals surface area contributed by atoms with Crippen LogP contribution >= 0.6 is 0 Å². The van der Waals surface area contributed by atoms with Crippen LogP contribution in [0.5, 0.6) is 0 Å². The lowest BCUT2D eigenvalue weighted by molar-refractivity contribution is -0.157. The molecule has 1 N–H and O–H groups in total. The van der Waals surface area contributed by atoms with Crippen LogP contribution in [-0.4, -0.2) is 58.0 Å². The largest absolute Gasteiger partial charge is 0.396 e. The van der Waals surface area contributed by atoms with Crippen LogP contribution in [0.15, 0.2) is 48.7 Å². The van der Waals surface area contributed by atoms with Crippen molar-refractivity contribution in [1.29, 1.82) is 0 Å². The molecular formula is C24H23F3N6O2. The Hall–Kier alpha value is -3.73. The molecule has 182 valence electrons. The number of imidazole rings is 1. The fourth-order valence-corrected chi connectivity index (χ4v) is 4.26. The Kier molecular flexibility index (Phi) is 6.01. The summed E-state index contributed by atoms with van der Waals surface area (Å²) in [7, 11) is 0. The van der Waals surface area contributed by atoms with Crippen LogP contribution in [-0.2, 0) is 4.74 Å². The van der Waals surface area contributed by atoms with E-state index in [2.05, 4.69) is 25.3 Å². The normalized spacial score (nSPS) is 18.6. The van der Waals surface area contributed by atoms with Gasteiger partial charge in [0.05, 0.1) is 31.0 Å². The van der Waals surface area contributed by atoms with Gasteiger partial charge in [-0.05, 0) is 42.7 Å². The molecule has 1 aliphatic carbocycles. The molecule has 1 aliphatic heterocycles. The van der Waals surface area contributed by atoms with E-state index in [4.69, 9.17) is 4.74 Å². The number of aromatic nitrogens is 4. The van der Waals surface area contributed by atoms with Crippen molar-refractivity contribution in [2.75, 3.05) is 36.5 Å². The van der Waals surface area contributed by atoms with Gasteiger partial charge in [-0.1, -0.05) is 24.3 Å². The molecule has 0 bridgehead atoms. The zero-order valence-corrected chi connectivity index (χ0v) is 18.9. The van der Waals surface area contributed by atoms with Gasteiger partial charge in [-0.2, -0.15) is 18.3 Å². The minimum absolute atomic E-state index is 0.0601. The fourth-order valence-electron chi connectivity index (χ4n) is 4.26. The molecule has 4 heterocycles. The topological polar surface area (TPSA) is 84.7 Å². The molecule has 1 unspecified atom stereocenters. The Bertz CT molecular complexity index is 1320. The van der Waals surface area contributed by atoms with Crippen LogP contribution in [0, 0.1) is 12.8 Å². The van der Waals surface area contributed by atoms with Gasteiger partial charge < -0.3 is 15.0 Å². The Morgan fingerprint density at radius 2 is 2.03 bits per heavy atom. The van der Waals surface area contributed by atoms with Crippen molar-refractivity contribution in [1.82, 2.24) is 19.6 Å². The van der Waals surface area contributed by atoms with E-state index >= 15 is 0 Å². The van der Waals surface area contributed by atoms with Gasteiger partial charge in [-0.3, -0.25) is 4.79 Å². The number of carbonyl (C=O) groups excluding carboxylic acids is 1. The highest BCUT2D eigenvalue weighted by Gasteiger charge is 2.42. The molecule has 35 heavy (non-hydrogen) atoms. The van der Waals surface area contributed by atoms with Gasteiger partial charge in [0.25, 0.3) is 5.91 Å². The number of pyridine rings is 1. The summed E-state index contributed by atoms with van der Waals surface area (Å²) in [6.07, 6.45) is 1.29. The third kappa shape index (κ3) is 4.63. The molecule has 11 heteroatoms. The molecule has 0 spiro atoms. The number of hydrogen-bond acceptors (Lipinski definition) is 6. The molecule has 3 aromatic heterocycles. The van der Waals surface area contributed by atoms with Crippen molar-refractivity contribution in [2.45, 2.75) is 19.5 Å². The number of hydrogen-bond donors (Lipinski definition) is 1. The third-order valence-corrected chi connectivity index (χ3v) is 6.05. The summed E-state index contributed by atoms with van der Waals surface area (Å²) in [5.41, 5.74) is 1.31. The summed E-state index contributed by atoms with van der Waals surface area (Å²) in [6, 6.07) is 6.89. The minimum Gasteiger partial charge on any atom is -0.378 e. The molecule has 1 atom stereocenters. The van der Waals surface area contributed by atoms with E-state index in [1.807, 2.05) is 6.07 Å². The lowest BCUT2D eigenvalue weighted by Gasteiger charge is -2.28. The van der Waals surface area contributed by atoms with Crippen LogP contribution in [0.2, 0.25) is 0 Å². The number of nitrogens with one attached hydrogen (secondary N) is 1. The first kappa shape index (κ1) is 23.0. The summed E-state index contributed by atoms with van der Waals surface area (Å²) in [5.74, 6) is -1.11. The number of allylic oxidation sites excluding steroid dienone is 4. The Balaban J connectivity index is 1.45. The lowest BCUT2D eigenvalue weighted by Crippen LogP contribution is -2.36. The van der Waals surface area contributed by atoms with E-state index in [9.17, 15) is 18.0 Å². The number of amides is 1. The summed E-state index contributed by atoms with van der Waals surface area (Å²) >= 11 is 0. The number of halogens is 3. The van der Waals surface area contributed by atoms with Crippen molar-refractivity contribution < 1.29 is 22.7 Å². The van der Waals surface area contributed by atoms with E-state index in [1.165, 1.54) is 22.9 Å². The fraction of sp³-hybridized carbons (Fsp3) is 0.333. The number of aryl methyl sites for hydroxylation is 1. The molecule has 0 saturated carbocycles. The van der Waals surface area contributed by atoms with E-state index in [-0.39, 0.29) is 23.4 Å². The highest BCUT2D eigenvalue weighted by Crippen LogP contribution is 2.41. The predicted molar refractivity (Wildman–Crippen MR) is 124 cm³/mol. The monoisotopic (exact) mass is 484 g/mol. The molecule has 3 aromatic rings. The van der Waals surface area contributed by atoms with E-state index in [0.29, 0.717) is 43.3 Å². The van der Waals surface area contributed by atoms with Gasteiger partial charge in [0, 0.05) is 13.1 Å². The number of alkyl halides is 3. The van der Waals surface area contributed by atoms with Gasteiger partial charge in [0.1, 0.15) is 11.6 Å². The molecule has 0 radical (unpaired) electrons. The number of rotatable bonds is 4. The van der Waals surface area contributed by atoms with Crippen LogP contribution in [0.25, 0.3) is 11.2 Å². The molecule has 1 amide bonds. The number of fused-ring (bicyclic) bond motifs is 1. The number of ether oxygens (including phenoxy) is 1. The lowest BCUT2D eigenvalue weighted by atomic mass is 9.88. The van der Waals surface area contributed by atoms with Crippen molar-refractivity contribution in [2.24, 2.45) is 5.92 Å². The maximum absolute atomic E-state index is 13.6. The molecule has 0 aromatic carbocycles. The summed E-state index contributed by atoms with van der Waals surface area (Å²) in [5, 5.41) is 7.14. The van der Waals surface area contributed by atoms with Crippen LogP contribution < -0.4 is 10.2 Å². The number of anilines is 2. The zero-order chi connectivity index (χ0) is 24.6. The van der Waals surface area contributed by atoms with Crippen LogP contribution in [0.1, 0.15) is 28.2 Å². The second-order valence-electron chi connectivity index (χ2n) is 8.41. The van der Waals surface area contributed by atoms with Crippen LogP contribution in [0.4, 0.5) is 24.8 Å². The first-order chi connectivity index (χ1) is 16.8. The Labute approximate surface area is 199 Å². The molecule has 8 nitrogen and oxygen atoms in total. The first-order valence-electron chi connectivity index (χ1n) is 11.2. The van der Waals surface area contributed by atoms with E-state index < -0.39 is 18.0 Å². The average molecular weight is 484 g/mol. The van der Waals surface area contributed by atoms with Crippen molar-refractivity contribution in [3.8, 4) is 0 Å². The first-order valence-corrected chi connectivity index (χ1v) is 11.2. The van der Waals surface area contributed by atoms with Gasteiger partial charge in [-0.25, -0.2) is 14.5 Å². The molecular weight excluding hydrogens is 461 g/mol. The predicted octanol–water partition coefficient (Wildman–Crippen LogP) is 4.04. The SMILES string of the molecule is Cc1cc(C2=CC=CCC2C(F)(F)F)nn2c(C(=O)Nc3cccc(N4CCOCC4)n3)cnc12. The molecule has 1 fully saturated rings. The third-order valence-electron chi connectivity index (χ3n) is 6.05. The standard InChI is InChI=1S/C24H23F3N6O2/c1-15-13-18(16-5-2-3-6-17(16)24(25,26)27)31-33-19(14-28-22(15)33)23(34)30-20-7-4-8-21(29-20)32-9-11-35-12-10-32/h2-5,7-8,13-14,17H,6,9-12H2,1H3,(H,29,30,34). The second-order valence-corrected chi connectivity index (χ2v) is 8.41. The molecule has 5 rings (SSSR count). The van der Waals surface area contributed by atoms with Crippen molar-refractivity contribution in [3.05, 3.63) is 65.6 Å². The van der Waals surface area contributed by atoms with Crippen molar-refractivity contribution >= 4 is 28.8 Å². The minimum atomic E-state index is -4.41. The summed E-state index contributed by atoms with van der Waals surface area (Å²) < 4.78 is 47.6. The van der Waals surface area contributed by atoms with Gasteiger partial charge >= 0.3 is 6.18 Å². The number of nitrogens with zero attached hydrogens (tertiary/aromatic N) is 5. The van der Waals surface area contributed by atoms with Gasteiger partial charge in [0.15, 0.2) is 11.3 Å². The van der Waals surface area contributed by atoms with Crippen LogP contribution in [0.3, 0.4) is 0 Å².